The smallest absolute Gasteiger partial charge is 0.344 e. The summed E-state index contributed by atoms with van der Waals surface area (Å²) in [6.07, 6.45) is 2.14. The van der Waals surface area contributed by atoms with E-state index in [-0.39, 0.29) is 5.63 Å². The lowest BCUT2D eigenvalue weighted by atomic mass is 9.91. The van der Waals surface area contributed by atoms with Crippen molar-refractivity contribution in [1.29, 1.82) is 0 Å². The molecule has 2 nitrogen and oxygen atoms in total. The number of para-hydroxylation sites is 1. The van der Waals surface area contributed by atoms with E-state index in [0.717, 1.165) is 33.2 Å². The number of aryl methyl sites for hydroxylation is 2. The maximum atomic E-state index is 13.2. The van der Waals surface area contributed by atoms with Crippen molar-refractivity contribution in [3.63, 3.8) is 0 Å². The Bertz CT molecular complexity index is 1460. The van der Waals surface area contributed by atoms with E-state index >= 15 is 0 Å². The van der Waals surface area contributed by atoms with Crippen LogP contribution < -0.4 is 5.63 Å². The Morgan fingerprint density at radius 3 is 1.82 bits per heavy atom. The van der Waals surface area contributed by atoms with Gasteiger partial charge in [0, 0.05) is 10.9 Å². The summed E-state index contributed by atoms with van der Waals surface area (Å²) in [7, 11) is 0. The van der Waals surface area contributed by atoms with Crippen molar-refractivity contribution in [2.75, 3.05) is 0 Å². The van der Waals surface area contributed by atoms with Gasteiger partial charge in [-0.25, -0.2) is 4.79 Å². The van der Waals surface area contributed by atoms with Gasteiger partial charge in [-0.3, -0.25) is 0 Å². The van der Waals surface area contributed by atoms with Crippen LogP contribution in [-0.4, -0.2) is 0 Å². The number of rotatable bonds is 4. The van der Waals surface area contributed by atoms with Gasteiger partial charge < -0.3 is 4.42 Å². The van der Waals surface area contributed by atoms with Crippen molar-refractivity contribution in [1.82, 2.24) is 0 Å². The van der Waals surface area contributed by atoms with E-state index in [4.69, 9.17) is 4.42 Å². The lowest BCUT2D eigenvalue weighted by Gasteiger charge is -2.14. The molecule has 5 aromatic rings. The SMILES string of the molecule is Cc1ccc(C(=Cc2c(-c3ccccc3)c(=O)oc3ccccc23)c2ccc(C)cc2)cc1. The monoisotopic (exact) mass is 428 g/mol. The third kappa shape index (κ3) is 4.16. The van der Waals surface area contributed by atoms with Gasteiger partial charge in [0.2, 0.25) is 0 Å². The van der Waals surface area contributed by atoms with E-state index in [2.05, 4.69) is 68.5 Å². The summed E-state index contributed by atoms with van der Waals surface area (Å²) in [6, 6.07) is 34.5. The van der Waals surface area contributed by atoms with Crippen LogP contribution in [0.2, 0.25) is 0 Å². The predicted molar refractivity (Wildman–Crippen MR) is 137 cm³/mol. The maximum Gasteiger partial charge on any atom is 0.344 e. The van der Waals surface area contributed by atoms with E-state index in [1.165, 1.54) is 11.1 Å². The van der Waals surface area contributed by atoms with Crippen LogP contribution in [-0.2, 0) is 0 Å². The predicted octanol–water partition coefficient (Wildman–Crippen LogP) is 7.67. The molecule has 0 N–H and O–H groups in total. The lowest BCUT2D eigenvalue weighted by molar-refractivity contribution is 0.563. The Morgan fingerprint density at radius 1 is 0.667 bits per heavy atom. The molecule has 0 saturated carbocycles. The molecule has 0 unspecified atom stereocenters. The Morgan fingerprint density at radius 2 is 1.21 bits per heavy atom. The molecule has 0 atom stereocenters. The average Bonchev–Trinajstić information content (AvgIpc) is 2.84. The average molecular weight is 429 g/mol. The summed E-state index contributed by atoms with van der Waals surface area (Å²) >= 11 is 0. The van der Waals surface area contributed by atoms with Crippen molar-refractivity contribution < 1.29 is 4.42 Å². The Labute approximate surface area is 193 Å². The molecule has 0 aliphatic heterocycles. The van der Waals surface area contributed by atoms with Crippen molar-refractivity contribution in [3.8, 4) is 11.1 Å². The highest BCUT2D eigenvalue weighted by molar-refractivity contribution is 6.01. The van der Waals surface area contributed by atoms with Crippen LogP contribution in [0.15, 0.2) is 112 Å². The molecule has 0 bridgehead atoms. The third-order valence-electron chi connectivity index (χ3n) is 5.93. The van der Waals surface area contributed by atoms with Gasteiger partial charge in [0.1, 0.15) is 5.58 Å². The summed E-state index contributed by atoms with van der Waals surface area (Å²) in [5, 5.41) is 0.910. The first-order valence-corrected chi connectivity index (χ1v) is 11.1. The zero-order chi connectivity index (χ0) is 22.8. The summed E-state index contributed by atoms with van der Waals surface area (Å²) in [5.74, 6) is 0. The van der Waals surface area contributed by atoms with E-state index < -0.39 is 0 Å². The van der Waals surface area contributed by atoms with Crippen LogP contribution in [0.4, 0.5) is 0 Å². The van der Waals surface area contributed by atoms with Crippen molar-refractivity contribution in [2.45, 2.75) is 13.8 Å². The Balaban J connectivity index is 1.86. The number of hydrogen-bond acceptors (Lipinski definition) is 2. The van der Waals surface area contributed by atoms with E-state index in [0.29, 0.717) is 11.1 Å². The maximum absolute atomic E-state index is 13.2. The fourth-order valence-corrected chi connectivity index (χ4v) is 4.15. The fraction of sp³-hybridized carbons (Fsp3) is 0.0645. The molecule has 1 aromatic heterocycles. The molecule has 0 saturated heterocycles. The summed E-state index contributed by atoms with van der Waals surface area (Å²) in [5.41, 5.74) is 8.20. The largest absolute Gasteiger partial charge is 0.422 e. The molecule has 4 aromatic carbocycles. The van der Waals surface area contributed by atoms with E-state index in [9.17, 15) is 4.79 Å². The molecular weight excluding hydrogens is 404 g/mol. The highest BCUT2D eigenvalue weighted by Gasteiger charge is 2.16. The highest BCUT2D eigenvalue weighted by atomic mass is 16.4. The van der Waals surface area contributed by atoms with Crippen LogP contribution in [0.1, 0.15) is 27.8 Å². The van der Waals surface area contributed by atoms with Gasteiger partial charge in [-0.15, -0.1) is 0 Å². The molecule has 33 heavy (non-hydrogen) atoms. The molecule has 0 aliphatic rings. The molecule has 5 rings (SSSR count). The van der Waals surface area contributed by atoms with Crippen molar-refractivity contribution in [3.05, 3.63) is 141 Å². The minimum atomic E-state index is -0.335. The fourth-order valence-electron chi connectivity index (χ4n) is 4.15. The number of benzene rings is 4. The Kier molecular flexibility index (Phi) is 5.50. The first-order chi connectivity index (χ1) is 16.1. The molecule has 1 heterocycles. The zero-order valence-corrected chi connectivity index (χ0v) is 18.7. The molecule has 0 spiro atoms. The van der Waals surface area contributed by atoms with Crippen LogP contribution in [0.25, 0.3) is 33.7 Å². The highest BCUT2D eigenvalue weighted by Crippen LogP contribution is 2.33. The second-order valence-electron chi connectivity index (χ2n) is 8.33. The minimum Gasteiger partial charge on any atom is -0.422 e. The topological polar surface area (TPSA) is 30.2 Å². The molecule has 0 amide bonds. The summed E-state index contributed by atoms with van der Waals surface area (Å²) in [4.78, 5) is 13.2. The lowest BCUT2D eigenvalue weighted by Crippen LogP contribution is -2.06. The number of hydrogen-bond donors (Lipinski definition) is 0. The minimum absolute atomic E-state index is 0.335. The van der Waals surface area contributed by atoms with Crippen molar-refractivity contribution in [2.24, 2.45) is 0 Å². The van der Waals surface area contributed by atoms with E-state index in [1.807, 2.05) is 54.6 Å². The molecule has 0 fully saturated rings. The van der Waals surface area contributed by atoms with Crippen molar-refractivity contribution >= 4 is 22.6 Å². The van der Waals surface area contributed by atoms with Gasteiger partial charge in [-0.2, -0.15) is 0 Å². The van der Waals surface area contributed by atoms with Crippen LogP contribution in [0.5, 0.6) is 0 Å². The first-order valence-electron chi connectivity index (χ1n) is 11.1. The van der Waals surface area contributed by atoms with E-state index in [1.54, 1.807) is 0 Å². The van der Waals surface area contributed by atoms with Gasteiger partial charge >= 0.3 is 5.63 Å². The summed E-state index contributed by atoms with van der Waals surface area (Å²) in [6.45, 7) is 4.17. The number of fused-ring (bicyclic) bond motifs is 1. The van der Waals surface area contributed by atoms with Crippen LogP contribution >= 0.6 is 0 Å². The second-order valence-corrected chi connectivity index (χ2v) is 8.33. The second kappa shape index (κ2) is 8.76. The molecule has 0 radical (unpaired) electrons. The molecule has 0 aliphatic carbocycles. The Hall–Kier alpha value is -4.17. The van der Waals surface area contributed by atoms with Gasteiger partial charge in [-0.05, 0) is 48.3 Å². The molecule has 160 valence electrons. The summed E-state index contributed by atoms with van der Waals surface area (Å²) < 4.78 is 5.73. The van der Waals surface area contributed by atoms with Gasteiger partial charge in [0.25, 0.3) is 0 Å². The normalized spacial score (nSPS) is 10.8. The molecular formula is C31H24O2. The quantitative estimate of drug-likeness (QED) is 0.275. The zero-order valence-electron chi connectivity index (χ0n) is 18.7. The first kappa shape index (κ1) is 20.7. The van der Waals surface area contributed by atoms with Crippen LogP contribution in [0.3, 0.4) is 0 Å². The van der Waals surface area contributed by atoms with Crippen LogP contribution in [0, 0.1) is 13.8 Å². The van der Waals surface area contributed by atoms with Gasteiger partial charge in [0.15, 0.2) is 0 Å². The third-order valence-corrected chi connectivity index (χ3v) is 5.93. The van der Waals surface area contributed by atoms with Gasteiger partial charge in [-0.1, -0.05) is 108 Å². The molecule has 2 heteroatoms. The standard InChI is InChI=1S/C31H24O2/c1-21-12-16-23(17-13-21)27(24-18-14-22(2)15-19-24)20-28-26-10-6-7-11-29(26)33-31(32)30(28)25-8-4-3-5-9-25/h3-20H,1-2H3. The van der Waals surface area contributed by atoms with Gasteiger partial charge in [0.05, 0.1) is 5.56 Å².